The molecule has 1 aromatic carbocycles. The van der Waals surface area contributed by atoms with Gasteiger partial charge in [0.15, 0.2) is 0 Å². The first-order chi connectivity index (χ1) is 9.92. The molecule has 0 fully saturated rings. The van der Waals surface area contributed by atoms with Crippen molar-refractivity contribution in [1.82, 2.24) is 4.90 Å². The lowest BCUT2D eigenvalue weighted by Crippen LogP contribution is -2.39. The van der Waals surface area contributed by atoms with Crippen LogP contribution in [0.3, 0.4) is 0 Å². The van der Waals surface area contributed by atoms with Gasteiger partial charge in [0.2, 0.25) is 0 Å². The lowest BCUT2D eigenvalue weighted by Gasteiger charge is -2.26. The van der Waals surface area contributed by atoms with Crippen molar-refractivity contribution >= 4 is 16.5 Å². The van der Waals surface area contributed by atoms with Crippen molar-refractivity contribution in [2.75, 3.05) is 6.67 Å². The van der Waals surface area contributed by atoms with Gasteiger partial charge in [-0.1, -0.05) is 30.3 Å². The third-order valence-corrected chi connectivity index (χ3v) is 2.09. The summed E-state index contributed by atoms with van der Waals surface area (Å²) in [5, 5.41) is 0. The average Bonchev–Trinajstić information content (AvgIpc) is 2.33. The molecule has 0 radical (unpaired) electrons. The van der Waals surface area contributed by atoms with Gasteiger partial charge in [-0.3, -0.25) is 14.0 Å². The number of nitrogens with two attached hydrogens (primary N) is 1. The largest absolute Gasteiger partial charge is 0.444 e. The number of rotatable bonds is 3. The maximum absolute atomic E-state index is 11.8. The topological polar surface area (TPSA) is 130 Å². The van der Waals surface area contributed by atoms with Crippen molar-refractivity contribution in [3.63, 3.8) is 0 Å². The van der Waals surface area contributed by atoms with Gasteiger partial charge in [0.1, 0.15) is 5.60 Å². The van der Waals surface area contributed by atoms with Crippen LogP contribution in [0.25, 0.3) is 0 Å². The van der Waals surface area contributed by atoms with E-state index in [1.807, 2.05) is 51.1 Å². The van der Waals surface area contributed by atoms with E-state index < -0.39 is 16.0 Å². The highest BCUT2D eigenvalue weighted by Gasteiger charge is 2.21. The number of hydrogen-bond acceptors (Lipinski definition) is 5. The van der Waals surface area contributed by atoms with Gasteiger partial charge < -0.3 is 10.5 Å². The Hall–Kier alpha value is -1.68. The van der Waals surface area contributed by atoms with Crippen molar-refractivity contribution in [2.24, 2.45) is 5.73 Å². The molecule has 0 aliphatic heterocycles. The van der Waals surface area contributed by atoms with Crippen LogP contribution in [-0.2, 0) is 21.7 Å². The summed E-state index contributed by atoms with van der Waals surface area (Å²) in [5.41, 5.74) is 6.10. The Morgan fingerprint density at radius 2 is 1.68 bits per heavy atom. The van der Waals surface area contributed by atoms with E-state index >= 15 is 0 Å². The van der Waals surface area contributed by atoms with Gasteiger partial charge in [-0.2, -0.15) is 8.42 Å². The standard InChI is InChI=1S/C13H20N2O2.H2O4S/c1-13(2,3)17-12(16)15(10-14)9-11-7-5-4-6-8-11;1-5(2,3)4/h4-8H,9-10,14H2,1-3H3;(H2,1,2,3,4). The van der Waals surface area contributed by atoms with E-state index in [9.17, 15) is 4.79 Å². The van der Waals surface area contributed by atoms with Crippen LogP contribution < -0.4 is 5.73 Å². The van der Waals surface area contributed by atoms with E-state index in [0.717, 1.165) is 5.56 Å². The van der Waals surface area contributed by atoms with Crippen LogP contribution in [0.4, 0.5) is 4.79 Å². The first kappa shape index (κ1) is 20.3. The van der Waals surface area contributed by atoms with Crippen molar-refractivity contribution in [3.8, 4) is 0 Å². The molecule has 9 heteroatoms. The zero-order valence-corrected chi connectivity index (χ0v) is 13.6. The van der Waals surface area contributed by atoms with Crippen molar-refractivity contribution < 1.29 is 27.1 Å². The van der Waals surface area contributed by atoms with Crippen LogP contribution in [-0.4, -0.2) is 40.8 Å². The number of nitrogens with zero attached hydrogens (tertiary/aromatic N) is 1. The SMILES string of the molecule is CC(C)(C)OC(=O)N(CN)Cc1ccccc1.O=S(=O)(O)O. The second kappa shape index (κ2) is 8.69. The minimum atomic E-state index is -4.67. The zero-order chi connectivity index (χ0) is 17.4. The molecular formula is C13H22N2O6S. The van der Waals surface area contributed by atoms with Crippen LogP contribution in [0.1, 0.15) is 26.3 Å². The Bertz CT molecular complexity index is 546. The van der Waals surface area contributed by atoms with Gasteiger partial charge in [-0.15, -0.1) is 0 Å². The number of ether oxygens (including phenoxy) is 1. The fourth-order valence-corrected chi connectivity index (χ4v) is 1.33. The van der Waals surface area contributed by atoms with Gasteiger partial charge in [0.25, 0.3) is 0 Å². The summed E-state index contributed by atoms with van der Waals surface area (Å²) in [7, 11) is -4.67. The molecule has 0 unspecified atom stereocenters. The molecule has 0 heterocycles. The predicted molar refractivity (Wildman–Crippen MR) is 81.5 cm³/mol. The van der Waals surface area contributed by atoms with Gasteiger partial charge in [-0.25, -0.2) is 4.79 Å². The van der Waals surface area contributed by atoms with Gasteiger partial charge >= 0.3 is 16.5 Å². The van der Waals surface area contributed by atoms with Crippen LogP contribution in [0.15, 0.2) is 30.3 Å². The molecule has 0 spiro atoms. The number of benzene rings is 1. The second-order valence-corrected chi connectivity index (χ2v) is 6.19. The number of hydrogen-bond donors (Lipinski definition) is 3. The first-order valence-corrected chi connectivity index (χ1v) is 7.74. The molecule has 0 bridgehead atoms. The highest BCUT2D eigenvalue weighted by molar-refractivity contribution is 7.79. The fraction of sp³-hybridized carbons (Fsp3) is 0.462. The van der Waals surface area contributed by atoms with Gasteiger partial charge in [0, 0.05) is 0 Å². The average molecular weight is 334 g/mol. The molecule has 0 saturated carbocycles. The molecular weight excluding hydrogens is 312 g/mol. The molecule has 1 aromatic rings. The Balaban J connectivity index is 0.000000763. The molecule has 8 nitrogen and oxygen atoms in total. The summed E-state index contributed by atoms with van der Waals surface area (Å²) in [5.74, 6) is 0. The lowest BCUT2D eigenvalue weighted by molar-refractivity contribution is 0.0239. The minimum absolute atomic E-state index is 0.143. The van der Waals surface area contributed by atoms with Crippen LogP contribution in [0.2, 0.25) is 0 Å². The summed E-state index contributed by atoms with van der Waals surface area (Å²) in [6.45, 7) is 6.11. The monoisotopic (exact) mass is 334 g/mol. The molecule has 0 aromatic heterocycles. The van der Waals surface area contributed by atoms with E-state index in [4.69, 9.17) is 28.0 Å². The third-order valence-electron chi connectivity index (χ3n) is 2.09. The molecule has 1 rings (SSSR count). The van der Waals surface area contributed by atoms with E-state index in [0.29, 0.717) is 6.54 Å². The predicted octanol–water partition coefficient (Wildman–Crippen LogP) is 1.69. The normalized spacial score (nSPS) is 11.2. The highest BCUT2D eigenvalue weighted by atomic mass is 32.3. The Kier molecular flexibility index (Phi) is 8.02. The second-order valence-electron chi connectivity index (χ2n) is 5.29. The lowest BCUT2D eigenvalue weighted by atomic mass is 10.2. The molecule has 126 valence electrons. The molecule has 0 aliphatic carbocycles. The molecule has 0 atom stereocenters. The maximum atomic E-state index is 11.8. The zero-order valence-electron chi connectivity index (χ0n) is 12.8. The summed E-state index contributed by atoms with van der Waals surface area (Å²) in [6, 6.07) is 9.70. The fourth-order valence-electron chi connectivity index (χ4n) is 1.33. The van der Waals surface area contributed by atoms with Crippen molar-refractivity contribution in [3.05, 3.63) is 35.9 Å². The van der Waals surface area contributed by atoms with E-state index in [-0.39, 0.29) is 12.8 Å². The van der Waals surface area contributed by atoms with E-state index in [1.54, 1.807) is 0 Å². The summed E-state index contributed by atoms with van der Waals surface area (Å²) in [6.07, 6.45) is -0.385. The highest BCUT2D eigenvalue weighted by Crippen LogP contribution is 2.11. The van der Waals surface area contributed by atoms with E-state index in [2.05, 4.69) is 0 Å². The molecule has 22 heavy (non-hydrogen) atoms. The third kappa shape index (κ3) is 12.1. The van der Waals surface area contributed by atoms with Gasteiger partial charge in [-0.05, 0) is 26.3 Å². The summed E-state index contributed by atoms with van der Waals surface area (Å²) < 4.78 is 36.9. The minimum Gasteiger partial charge on any atom is -0.444 e. The maximum Gasteiger partial charge on any atom is 0.411 e. The number of carbonyl (C=O) groups is 1. The Labute approximate surface area is 130 Å². The summed E-state index contributed by atoms with van der Waals surface area (Å²) in [4.78, 5) is 13.3. The molecule has 0 aliphatic rings. The molecule has 0 saturated heterocycles. The summed E-state index contributed by atoms with van der Waals surface area (Å²) >= 11 is 0. The molecule has 1 amide bonds. The van der Waals surface area contributed by atoms with Crippen molar-refractivity contribution in [2.45, 2.75) is 32.9 Å². The van der Waals surface area contributed by atoms with Crippen molar-refractivity contribution in [1.29, 1.82) is 0 Å². The number of carbonyl (C=O) groups excluding carboxylic acids is 1. The van der Waals surface area contributed by atoms with Crippen LogP contribution in [0.5, 0.6) is 0 Å². The Morgan fingerprint density at radius 3 is 2.05 bits per heavy atom. The number of amides is 1. The smallest absolute Gasteiger partial charge is 0.411 e. The van der Waals surface area contributed by atoms with Gasteiger partial charge in [0.05, 0.1) is 13.2 Å². The first-order valence-electron chi connectivity index (χ1n) is 6.34. The Morgan fingerprint density at radius 1 is 1.23 bits per heavy atom. The van der Waals surface area contributed by atoms with Crippen LogP contribution >= 0.6 is 0 Å². The van der Waals surface area contributed by atoms with E-state index in [1.165, 1.54) is 4.90 Å². The van der Waals surface area contributed by atoms with Crippen LogP contribution in [0, 0.1) is 0 Å². The quantitative estimate of drug-likeness (QED) is 0.566. The molecule has 4 N–H and O–H groups in total.